The van der Waals surface area contributed by atoms with Gasteiger partial charge < -0.3 is 4.74 Å². The fraction of sp³-hybridized carbons (Fsp3) is 1.00. The predicted octanol–water partition coefficient (Wildman–Crippen LogP) is 2.29. The van der Waals surface area contributed by atoms with Crippen molar-refractivity contribution in [2.75, 3.05) is 19.0 Å². The zero-order chi connectivity index (χ0) is 13.9. The lowest BCUT2D eigenvalue weighted by atomic mass is 9.89. The number of rotatable bonds is 6. The maximum Gasteiger partial charge on any atom is 0.209 e. The first kappa shape index (κ1) is 15.9. The van der Waals surface area contributed by atoms with E-state index in [4.69, 9.17) is 9.88 Å². The molecule has 0 bridgehead atoms. The third kappa shape index (κ3) is 6.16. The van der Waals surface area contributed by atoms with Crippen molar-refractivity contribution in [3.8, 4) is 0 Å². The van der Waals surface area contributed by atoms with E-state index < -0.39 is 10.0 Å². The van der Waals surface area contributed by atoms with E-state index in [1.165, 1.54) is 0 Å². The molecule has 1 fully saturated rings. The largest absolute Gasteiger partial charge is 0.381 e. The first-order valence-corrected chi connectivity index (χ1v) is 8.42. The Bertz CT molecular complexity index is 351. The zero-order valence-corrected chi connectivity index (χ0v) is 12.7. The molecule has 0 radical (unpaired) electrons. The minimum atomic E-state index is -3.41. The summed E-state index contributed by atoms with van der Waals surface area (Å²) in [4.78, 5) is 0. The molecule has 1 aliphatic carbocycles. The van der Waals surface area contributed by atoms with Crippen molar-refractivity contribution in [1.29, 1.82) is 0 Å². The fourth-order valence-electron chi connectivity index (χ4n) is 2.55. The summed E-state index contributed by atoms with van der Waals surface area (Å²) in [6.07, 6.45) is 4.98. The molecular formula is C13H27NO3S. The molecule has 2 N–H and O–H groups in total. The van der Waals surface area contributed by atoms with Crippen LogP contribution >= 0.6 is 0 Å². The molecule has 1 aliphatic rings. The van der Waals surface area contributed by atoms with Gasteiger partial charge in [-0.1, -0.05) is 33.6 Å². The lowest BCUT2D eigenvalue weighted by Gasteiger charge is -2.28. The van der Waals surface area contributed by atoms with Crippen LogP contribution in [0.5, 0.6) is 0 Å². The van der Waals surface area contributed by atoms with Gasteiger partial charge in [0.1, 0.15) is 0 Å². The molecule has 0 amide bonds. The van der Waals surface area contributed by atoms with Crippen LogP contribution in [-0.4, -0.2) is 27.4 Å². The third-order valence-electron chi connectivity index (χ3n) is 3.58. The maximum absolute atomic E-state index is 11.3. The van der Waals surface area contributed by atoms with Crippen LogP contribution in [0.3, 0.4) is 0 Å². The summed E-state index contributed by atoms with van der Waals surface area (Å²) in [5, 5.41) is 5.19. The van der Waals surface area contributed by atoms with Crippen molar-refractivity contribution in [1.82, 2.24) is 0 Å². The van der Waals surface area contributed by atoms with Crippen LogP contribution in [0.4, 0.5) is 0 Å². The molecule has 1 saturated carbocycles. The number of hydrogen-bond donors (Lipinski definition) is 1. The van der Waals surface area contributed by atoms with Crippen molar-refractivity contribution in [2.45, 2.75) is 52.9 Å². The molecule has 1 rings (SSSR count). The van der Waals surface area contributed by atoms with Gasteiger partial charge in [0.15, 0.2) is 0 Å². The van der Waals surface area contributed by atoms with Crippen molar-refractivity contribution in [3.63, 3.8) is 0 Å². The van der Waals surface area contributed by atoms with Gasteiger partial charge in [0.2, 0.25) is 10.0 Å². The topological polar surface area (TPSA) is 69.4 Å². The molecule has 108 valence electrons. The Hall–Kier alpha value is -0.130. The van der Waals surface area contributed by atoms with Crippen LogP contribution < -0.4 is 5.14 Å². The molecule has 0 aliphatic heterocycles. The SMILES string of the molecule is CC(C)(C)CCOCC1(CS(N)(=O)=O)CCCC1. The summed E-state index contributed by atoms with van der Waals surface area (Å²) >= 11 is 0. The second kappa shape index (κ2) is 5.88. The van der Waals surface area contributed by atoms with E-state index in [1.807, 2.05) is 0 Å². The molecule has 0 unspecified atom stereocenters. The van der Waals surface area contributed by atoms with Gasteiger partial charge in [0.05, 0.1) is 12.4 Å². The fourth-order valence-corrected chi connectivity index (χ4v) is 3.77. The van der Waals surface area contributed by atoms with Crippen molar-refractivity contribution < 1.29 is 13.2 Å². The van der Waals surface area contributed by atoms with Gasteiger partial charge in [-0.2, -0.15) is 0 Å². The lowest BCUT2D eigenvalue weighted by Crippen LogP contribution is -2.35. The van der Waals surface area contributed by atoms with Crippen LogP contribution in [0.2, 0.25) is 0 Å². The Morgan fingerprint density at radius 3 is 2.22 bits per heavy atom. The van der Waals surface area contributed by atoms with E-state index in [2.05, 4.69) is 20.8 Å². The predicted molar refractivity (Wildman–Crippen MR) is 73.8 cm³/mol. The van der Waals surface area contributed by atoms with E-state index in [9.17, 15) is 8.42 Å². The second-order valence-corrected chi connectivity index (χ2v) is 8.49. The van der Waals surface area contributed by atoms with Crippen molar-refractivity contribution in [2.24, 2.45) is 16.0 Å². The van der Waals surface area contributed by atoms with Gasteiger partial charge in [-0.3, -0.25) is 0 Å². The van der Waals surface area contributed by atoms with Gasteiger partial charge in [-0.15, -0.1) is 0 Å². The van der Waals surface area contributed by atoms with Crippen molar-refractivity contribution in [3.05, 3.63) is 0 Å². The highest BCUT2D eigenvalue weighted by Gasteiger charge is 2.37. The molecule has 0 aromatic heterocycles. The molecule has 0 atom stereocenters. The monoisotopic (exact) mass is 277 g/mol. The zero-order valence-electron chi connectivity index (χ0n) is 11.9. The van der Waals surface area contributed by atoms with E-state index in [0.29, 0.717) is 13.2 Å². The Kier molecular flexibility index (Phi) is 5.21. The molecule has 0 spiro atoms. The molecule has 18 heavy (non-hydrogen) atoms. The summed E-state index contributed by atoms with van der Waals surface area (Å²) < 4.78 is 28.3. The normalized spacial score (nSPS) is 20.2. The molecule has 4 nitrogen and oxygen atoms in total. The Balaban J connectivity index is 2.44. The van der Waals surface area contributed by atoms with Gasteiger partial charge >= 0.3 is 0 Å². The van der Waals surface area contributed by atoms with Crippen LogP contribution in [0.1, 0.15) is 52.9 Å². The molecular weight excluding hydrogens is 250 g/mol. The number of primary sulfonamides is 1. The minimum Gasteiger partial charge on any atom is -0.381 e. The average molecular weight is 277 g/mol. The number of nitrogens with two attached hydrogens (primary N) is 1. The Morgan fingerprint density at radius 1 is 1.22 bits per heavy atom. The quantitative estimate of drug-likeness (QED) is 0.757. The lowest BCUT2D eigenvalue weighted by molar-refractivity contribution is 0.0441. The van der Waals surface area contributed by atoms with Crippen LogP contribution in [0.15, 0.2) is 0 Å². The van der Waals surface area contributed by atoms with E-state index in [1.54, 1.807) is 0 Å². The van der Waals surface area contributed by atoms with E-state index in [0.717, 1.165) is 32.1 Å². The average Bonchev–Trinajstić information content (AvgIpc) is 2.57. The molecule has 0 aromatic rings. The smallest absolute Gasteiger partial charge is 0.209 e. The molecule has 0 heterocycles. The molecule has 0 aromatic carbocycles. The van der Waals surface area contributed by atoms with Crippen LogP contribution in [0, 0.1) is 10.8 Å². The first-order valence-electron chi connectivity index (χ1n) is 6.70. The van der Waals surface area contributed by atoms with Gasteiger partial charge in [0, 0.05) is 12.0 Å². The second-order valence-electron chi connectivity index (χ2n) is 6.88. The minimum absolute atomic E-state index is 0.0650. The highest BCUT2D eigenvalue weighted by atomic mass is 32.2. The molecule has 5 heteroatoms. The number of sulfonamides is 1. The highest BCUT2D eigenvalue weighted by molar-refractivity contribution is 7.89. The Labute approximate surface area is 111 Å². The van der Waals surface area contributed by atoms with E-state index >= 15 is 0 Å². The number of ether oxygens (including phenoxy) is 1. The van der Waals surface area contributed by atoms with Gasteiger partial charge in [-0.25, -0.2) is 13.6 Å². The molecule has 0 saturated heterocycles. The van der Waals surface area contributed by atoms with Crippen molar-refractivity contribution >= 4 is 10.0 Å². The maximum atomic E-state index is 11.3. The van der Waals surface area contributed by atoms with Crippen LogP contribution in [0.25, 0.3) is 0 Å². The Morgan fingerprint density at radius 2 is 1.78 bits per heavy atom. The summed E-state index contributed by atoms with van der Waals surface area (Å²) in [6, 6.07) is 0. The van der Waals surface area contributed by atoms with E-state index in [-0.39, 0.29) is 16.6 Å². The summed E-state index contributed by atoms with van der Waals surface area (Å²) in [7, 11) is -3.41. The summed E-state index contributed by atoms with van der Waals surface area (Å²) in [5.74, 6) is 0.0650. The van der Waals surface area contributed by atoms with Gasteiger partial charge in [0.25, 0.3) is 0 Å². The number of hydrogen-bond acceptors (Lipinski definition) is 3. The van der Waals surface area contributed by atoms with Gasteiger partial charge in [-0.05, 0) is 24.7 Å². The first-order chi connectivity index (χ1) is 8.12. The summed E-state index contributed by atoms with van der Waals surface area (Å²) in [5.41, 5.74) is 0.0221. The van der Waals surface area contributed by atoms with Crippen LogP contribution in [-0.2, 0) is 14.8 Å². The third-order valence-corrected chi connectivity index (χ3v) is 4.59. The summed E-state index contributed by atoms with van der Waals surface area (Å²) in [6.45, 7) is 7.74. The standard InChI is InChI=1S/C13H27NO3S/c1-12(2,3)8-9-17-10-13(6-4-5-7-13)11-18(14,15)16/h4-11H2,1-3H3,(H2,14,15,16). The highest BCUT2D eigenvalue weighted by Crippen LogP contribution is 2.39.